The molecule has 1 fully saturated rings. The quantitative estimate of drug-likeness (QED) is 0.870. The molecular formula is C14H18ClF3N2O. The highest BCUT2D eigenvalue weighted by Gasteiger charge is 2.27. The maximum absolute atomic E-state index is 13.6. The number of nitrogens with zero attached hydrogens (tertiary/aromatic N) is 1. The number of piperidine rings is 1. The molecule has 1 aliphatic heterocycles. The van der Waals surface area contributed by atoms with E-state index in [0.29, 0.717) is 19.6 Å². The van der Waals surface area contributed by atoms with Gasteiger partial charge in [0.25, 0.3) is 5.91 Å². The van der Waals surface area contributed by atoms with Gasteiger partial charge in [0.1, 0.15) is 0 Å². The van der Waals surface area contributed by atoms with Crippen molar-refractivity contribution in [3.05, 3.63) is 35.1 Å². The van der Waals surface area contributed by atoms with Gasteiger partial charge in [0.05, 0.1) is 5.56 Å². The van der Waals surface area contributed by atoms with Gasteiger partial charge >= 0.3 is 0 Å². The van der Waals surface area contributed by atoms with E-state index in [1.54, 1.807) is 0 Å². The lowest BCUT2D eigenvalue weighted by atomic mass is 9.94. The number of benzene rings is 1. The summed E-state index contributed by atoms with van der Waals surface area (Å²) < 4.78 is 39.7. The minimum absolute atomic E-state index is 0. The summed E-state index contributed by atoms with van der Waals surface area (Å²) in [4.78, 5) is 13.7. The number of carbonyl (C=O) groups is 1. The molecule has 0 saturated carbocycles. The molecule has 1 saturated heterocycles. The topological polar surface area (TPSA) is 46.3 Å². The van der Waals surface area contributed by atoms with Crippen molar-refractivity contribution in [2.75, 3.05) is 19.6 Å². The molecular weight excluding hydrogens is 305 g/mol. The molecule has 1 atom stereocenters. The molecule has 1 unspecified atom stereocenters. The summed E-state index contributed by atoms with van der Waals surface area (Å²) in [7, 11) is 0. The molecule has 1 aromatic carbocycles. The van der Waals surface area contributed by atoms with Crippen molar-refractivity contribution in [1.82, 2.24) is 4.90 Å². The van der Waals surface area contributed by atoms with Crippen LogP contribution >= 0.6 is 12.4 Å². The van der Waals surface area contributed by atoms with Gasteiger partial charge in [0, 0.05) is 13.1 Å². The zero-order chi connectivity index (χ0) is 14.7. The first-order valence-electron chi connectivity index (χ1n) is 6.67. The predicted molar refractivity (Wildman–Crippen MR) is 75.9 cm³/mol. The van der Waals surface area contributed by atoms with Gasteiger partial charge in [-0.3, -0.25) is 4.79 Å². The van der Waals surface area contributed by atoms with Gasteiger partial charge in [-0.25, -0.2) is 13.2 Å². The zero-order valence-corrected chi connectivity index (χ0v) is 12.3. The van der Waals surface area contributed by atoms with Crippen LogP contribution in [0.3, 0.4) is 0 Å². The number of amides is 1. The largest absolute Gasteiger partial charge is 0.338 e. The fourth-order valence-electron chi connectivity index (χ4n) is 2.58. The molecule has 0 aliphatic carbocycles. The summed E-state index contributed by atoms with van der Waals surface area (Å²) in [5, 5.41) is 0. The van der Waals surface area contributed by atoms with Crippen molar-refractivity contribution in [1.29, 1.82) is 0 Å². The van der Waals surface area contributed by atoms with Gasteiger partial charge in [-0.2, -0.15) is 0 Å². The van der Waals surface area contributed by atoms with Crippen LogP contribution in [-0.4, -0.2) is 30.4 Å². The third-order valence-corrected chi connectivity index (χ3v) is 3.65. The second kappa shape index (κ2) is 7.66. The highest BCUT2D eigenvalue weighted by molar-refractivity contribution is 5.94. The summed E-state index contributed by atoms with van der Waals surface area (Å²) in [6, 6.07) is 1.76. The third kappa shape index (κ3) is 3.89. The van der Waals surface area contributed by atoms with E-state index in [-0.39, 0.29) is 18.3 Å². The van der Waals surface area contributed by atoms with Gasteiger partial charge in [0.2, 0.25) is 0 Å². The molecule has 21 heavy (non-hydrogen) atoms. The van der Waals surface area contributed by atoms with Gasteiger partial charge in [-0.05, 0) is 43.9 Å². The molecule has 7 heteroatoms. The highest BCUT2D eigenvalue weighted by Crippen LogP contribution is 2.23. The molecule has 2 N–H and O–H groups in total. The first-order chi connectivity index (χ1) is 9.54. The Hall–Kier alpha value is -1.27. The summed E-state index contributed by atoms with van der Waals surface area (Å²) >= 11 is 0. The lowest BCUT2D eigenvalue weighted by Crippen LogP contribution is -2.40. The van der Waals surface area contributed by atoms with Crippen LogP contribution < -0.4 is 5.73 Å². The van der Waals surface area contributed by atoms with Gasteiger partial charge in [-0.15, -0.1) is 12.4 Å². The lowest BCUT2D eigenvalue weighted by Gasteiger charge is -2.32. The highest BCUT2D eigenvalue weighted by atomic mass is 35.5. The zero-order valence-electron chi connectivity index (χ0n) is 11.4. The van der Waals surface area contributed by atoms with Crippen molar-refractivity contribution in [3.8, 4) is 0 Å². The number of nitrogens with two attached hydrogens (primary N) is 1. The molecule has 3 nitrogen and oxygen atoms in total. The van der Waals surface area contributed by atoms with Crippen LogP contribution in [0.25, 0.3) is 0 Å². The van der Waals surface area contributed by atoms with E-state index < -0.39 is 28.9 Å². The fourth-order valence-corrected chi connectivity index (χ4v) is 2.58. The van der Waals surface area contributed by atoms with Crippen LogP contribution in [0.5, 0.6) is 0 Å². The average Bonchev–Trinajstić information content (AvgIpc) is 2.45. The summed E-state index contributed by atoms with van der Waals surface area (Å²) in [6.07, 6.45) is 2.58. The molecule has 1 aliphatic rings. The molecule has 2 rings (SSSR count). The minimum Gasteiger partial charge on any atom is -0.338 e. The first kappa shape index (κ1) is 17.8. The van der Waals surface area contributed by atoms with Crippen LogP contribution in [0.4, 0.5) is 13.2 Å². The van der Waals surface area contributed by atoms with E-state index in [0.717, 1.165) is 31.4 Å². The van der Waals surface area contributed by atoms with E-state index >= 15 is 0 Å². The Kier molecular flexibility index (Phi) is 6.48. The van der Waals surface area contributed by atoms with Crippen molar-refractivity contribution >= 4 is 18.3 Å². The van der Waals surface area contributed by atoms with Gasteiger partial charge in [-0.1, -0.05) is 0 Å². The van der Waals surface area contributed by atoms with Crippen LogP contribution in [0.1, 0.15) is 29.6 Å². The Balaban J connectivity index is 0.00000220. The number of halogens is 4. The Labute approximate surface area is 127 Å². The molecule has 1 aromatic rings. The second-order valence-electron chi connectivity index (χ2n) is 5.06. The predicted octanol–water partition coefficient (Wildman–Crippen LogP) is 2.73. The number of hydrogen-bond donors (Lipinski definition) is 1. The van der Waals surface area contributed by atoms with E-state index in [4.69, 9.17) is 5.73 Å². The minimum atomic E-state index is -1.61. The SMILES string of the molecule is Cl.NCCC1CCCN(C(=O)c2ccc(F)c(F)c2F)C1. The molecule has 0 aromatic heterocycles. The summed E-state index contributed by atoms with van der Waals surface area (Å²) in [5.74, 6) is -4.63. The second-order valence-corrected chi connectivity index (χ2v) is 5.06. The maximum atomic E-state index is 13.6. The number of carbonyl (C=O) groups excluding carboxylic acids is 1. The number of rotatable bonds is 3. The van der Waals surface area contributed by atoms with Crippen molar-refractivity contribution in [3.63, 3.8) is 0 Å². The van der Waals surface area contributed by atoms with E-state index in [9.17, 15) is 18.0 Å². The Morgan fingerprint density at radius 2 is 2.00 bits per heavy atom. The van der Waals surface area contributed by atoms with E-state index in [1.807, 2.05) is 0 Å². The Morgan fingerprint density at radius 3 is 2.67 bits per heavy atom. The fraction of sp³-hybridized carbons (Fsp3) is 0.500. The normalized spacial score (nSPS) is 18.3. The third-order valence-electron chi connectivity index (χ3n) is 3.65. The van der Waals surface area contributed by atoms with E-state index in [1.165, 1.54) is 4.90 Å². The molecule has 0 spiro atoms. The van der Waals surface area contributed by atoms with Crippen LogP contribution in [0.15, 0.2) is 12.1 Å². The number of hydrogen-bond acceptors (Lipinski definition) is 2. The molecule has 1 heterocycles. The van der Waals surface area contributed by atoms with Crippen molar-refractivity contribution < 1.29 is 18.0 Å². The Bertz CT molecular complexity index is 511. The average molecular weight is 323 g/mol. The monoisotopic (exact) mass is 322 g/mol. The van der Waals surface area contributed by atoms with Crippen LogP contribution in [0, 0.1) is 23.4 Å². The lowest BCUT2D eigenvalue weighted by molar-refractivity contribution is 0.0663. The molecule has 0 bridgehead atoms. The standard InChI is InChI=1S/C14H17F3N2O.ClH/c15-11-4-3-10(12(16)13(11)17)14(20)19-7-1-2-9(8-19)5-6-18;/h3-4,9H,1-2,5-8,18H2;1H. The molecule has 118 valence electrons. The maximum Gasteiger partial charge on any atom is 0.256 e. The van der Waals surface area contributed by atoms with Crippen LogP contribution in [-0.2, 0) is 0 Å². The molecule has 1 amide bonds. The van der Waals surface area contributed by atoms with Gasteiger partial charge in [0.15, 0.2) is 17.5 Å². The first-order valence-corrected chi connectivity index (χ1v) is 6.67. The summed E-state index contributed by atoms with van der Waals surface area (Å²) in [6.45, 7) is 1.51. The smallest absolute Gasteiger partial charge is 0.256 e. The summed E-state index contributed by atoms with van der Waals surface area (Å²) in [5.41, 5.74) is 5.08. The van der Waals surface area contributed by atoms with Crippen molar-refractivity contribution in [2.45, 2.75) is 19.3 Å². The van der Waals surface area contributed by atoms with Crippen molar-refractivity contribution in [2.24, 2.45) is 11.7 Å². The van der Waals surface area contributed by atoms with Crippen LogP contribution in [0.2, 0.25) is 0 Å². The molecule has 0 radical (unpaired) electrons. The number of likely N-dealkylation sites (tertiary alicyclic amines) is 1. The van der Waals surface area contributed by atoms with Gasteiger partial charge < -0.3 is 10.6 Å². The Morgan fingerprint density at radius 1 is 1.29 bits per heavy atom. The van der Waals surface area contributed by atoms with E-state index in [2.05, 4.69) is 0 Å².